The first-order valence-corrected chi connectivity index (χ1v) is 6.51. The Hall–Kier alpha value is -0.780. The smallest absolute Gasteiger partial charge is 0.161 e. The molecule has 0 radical (unpaired) electrons. The van der Waals surface area contributed by atoms with Gasteiger partial charge in [0.15, 0.2) is 11.5 Å². The number of methoxy groups -OCH3 is 3. The molecular weight excluding hydrogens is 300 g/mol. The summed E-state index contributed by atoms with van der Waals surface area (Å²) in [5.74, 6) is 1.25. The standard InChI is InChI=1S/C13H19BrO4/c1-16-6-4-5-11(15)9-7-12(17-2)13(18-3)8-10(9)14/h7-8,11,15H,4-6H2,1-3H3. The Morgan fingerprint density at radius 1 is 1.17 bits per heavy atom. The third-order valence-corrected chi connectivity index (χ3v) is 3.37. The number of ether oxygens (including phenoxy) is 3. The molecule has 5 heteroatoms. The first-order chi connectivity index (χ1) is 8.63. The van der Waals surface area contributed by atoms with E-state index in [2.05, 4.69) is 15.9 Å². The number of aliphatic hydroxyl groups excluding tert-OH is 1. The quantitative estimate of drug-likeness (QED) is 0.785. The number of aliphatic hydroxyl groups is 1. The second-order valence-electron chi connectivity index (χ2n) is 3.88. The van der Waals surface area contributed by atoms with E-state index >= 15 is 0 Å². The highest BCUT2D eigenvalue weighted by molar-refractivity contribution is 9.10. The molecule has 1 unspecified atom stereocenters. The molecule has 4 nitrogen and oxygen atoms in total. The molecule has 0 aliphatic rings. The summed E-state index contributed by atoms with van der Waals surface area (Å²) >= 11 is 3.43. The Morgan fingerprint density at radius 3 is 2.33 bits per heavy atom. The molecular formula is C13H19BrO4. The van der Waals surface area contributed by atoms with Crippen molar-refractivity contribution in [2.45, 2.75) is 18.9 Å². The predicted octanol–water partition coefficient (Wildman–Crippen LogP) is 2.93. The first kappa shape index (κ1) is 15.3. The molecule has 1 N–H and O–H groups in total. The number of halogens is 1. The molecule has 1 rings (SSSR count). The third kappa shape index (κ3) is 3.86. The fraction of sp³-hybridized carbons (Fsp3) is 0.538. The van der Waals surface area contributed by atoms with Crippen LogP contribution in [0, 0.1) is 0 Å². The summed E-state index contributed by atoms with van der Waals surface area (Å²) in [5, 5.41) is 10.1. The van der Waals surface area contributed by atoms with Crippen LogP contribution in [0.1, 0.15) is 24.5 Å². The largest absolute Gasteiger partial charge is 0.493 e. The van der Waals surface area contributed by atoms with Gasteiger partial charge < -0.3 is 19.3 Å². The molecule has 0 heterocycles. The van der Waals surface area contributed by atoms with Crippen molar-refractivity contribution in [3.05, 3.63) is 22.2 Å². The topological polar surface area (TPSA) is 47.9 Å². The summed E-state index contributed by atoms with van der Waals surface area (Å²) in [6.07, 6.45) is 0.898. The van der Waals surface area contributed by atoms with Crippen LogP contribution in [-0.2, 0) is 4.74 Å². The van der Waals surface area contributed by atoms with E-state index in [-0.39, 0.29) is 0 Å². The van der Waals surface area contributed by atoms with Gasteiger partial charge in [-0.2, -0.15) is 0 Å². The summed E-state index contributed by atoms with van der Waals surface area (Å²) in [6.45, 7) is 0.641. The van der Waals surface area contributed by atoms with E-state index in [1.54, 1.807) is 33.5 Å². The van der Waals surface area contributed by atoms with E-state index in [1.807, 2.05) is 0 Å². The van der Waals surface area contributed by atoms with E-state index in [9.17, 15) is 5.11 Å². The van der Waals surface area contributed by atoms with Crippen molar-refractivity contribution in [1.29, 1.82) is 0 Å². The maximum atomic E-state index is 10.1. The van der Waals surface area contributed by atoms with Gasteiger partial charge in [-0.25, -0.2) is 0 Å². The predicted molar refractivity (Wildman–Crippen MR) is 73.3 cm³/mol. The lowest BCUT2D eigenvalue weighted by atomic mass is 10.0. The Kier molecular flexibility index (Phi) is 6.46. The third-order valence-electron chi connectivity index (χ3n) is 2.69. The van der Waals surface area contributed by atoms with Gasteiger partial charge in [-0.1, -0.05) is 15.9 Å². The van der Waals surface area contributed by atoms with Crippen LogP contribution in [0.15, 0.2) is 16.6 Å². The zero-order valence-electron chi connectivity index (χ0n) is 10.9. The molecule has 0 spiro atoms. The fourth-order valence-corrected chi connectivity index (χ4v) is 2.29. The lowest BCUT2D eigenvalue weighted by Gasteiger charge is -2.16. The minimum absolute atomic E-state index is 0.547. The highest BCUT2D eigenvalue weighted by atomic mass is 79.9. The highest BCUT2D eigenvalue weighted by Crippen LogP contribution is 2.37. The average Bonchev–Trinajstić information content (AvgIpc) is 2.38. The Balaban J connectivity index is 2.87. The van der Waals surface area contributed by atoms with Gasteiger partial charge in [-0.3, -0.25) is 0 Å². The number of hydrogen-bond donors (Lipinski definition) is 1. The van der Waals surface area contributed by atoms with Crippen molar-refractivity contribution in [2.75, 3.05) is 27.9 Å². The minimum atomic E-state index is -0.547. The van der Waals surface area contributed by atoms with Crippen molar-refractivity contribution in [3.63, 3.8) is 0 Å². The molecule has 1 atom stereocenters. The van der Waals surface area contributed by atoms with Crippen molar-refractivity contribution < 1.29 is 19.3 Å². The van der Waals surface area contributed by atoms with Crippen molar-refractivity contribution in [1.82, 2.24) is 0 Å². The molecule has 0 saturated carbocycles. The van der Waals surface area contributed by atoms with Crippen molar-refractivity contribution >= 4 is 15.9 Å². The summed E-state index contributed by atoms with van der Waals surface area (Å²) in [4.78, 5) is 0. The van der Waals surface area contributed by atoms with Crippen LogP contribution in [0.4, 0.5) is 0 Å². The first-order valence-electron chi connectivity index (χ1n) is 5.72. The van der Waals surface area contributed by atoms with Gasteiger partial charge in [0.25, 0.3) is 0 Å². The normalized spacial score (nSPS) is 12.3. The molecule has 1 aromatic rings. The summed E-state index contributed by atoms with van der Waals surface area (Å²) in [5.41, 5.74) is 0.795. The Bertz CT molecular complexity index is 381. The van der Waals surface area contributed by atoms with E-state index in [0.717, 1.165) is 16.5 Å². The van der Waals surface area contributed by atoms with Gasteiger partial charge in [-0.05, 0) is 30.5 Å². The SMILES string of the molecule is COCCCC(O)c1cc(OC)c(OC)cc1Br. The lowest BCUT2D eigenvalue weighted by molar-refractivity contribution is 0.135. The molecule has 18 heavy (non-hydrogen) atoms. The minimum Gasteiger partial charge on any atom is -0.493 e. The second-order valence-corrected chi connectivity index (χ2v) is 4.73. The number of benzene rings is 1. The monoisotopic (exact) mass is 318 g/mol. The zero-order chi connectivity index (χ0) is 13.5. The molecule has 1 aromatic carbocycles. The fourth-order valence-electron chi connectivity index (χ4n) is 1.70. The van der Waals surface area contributed by atoms with Crippen LogP contribution in [0.3, 0.4) is 0 Å². The molecule has 0 aromatic heterocycles. The highest BCUT2D eigenvalue weighted by Gasteiger charge is 2.15. The molecule has 102 valence electrons. The van der Waals surface area contributed by atoms with Gasteiger partial charge in [0.1, 0.15) is 0 Å². The lowest BCUT2D eigenvalue weighted by Crippen LogP contribution is -2.02. The van der Waals surface area contributed by atoms with Crippen molar-refractivity contribution in [2.24, 2.45) is 0 Å². The van der Waals surface area contributed by atoms with Crippen LogP contribution in [0.2, 0.25) is 0 Å². The molecule has 0 fully saturated rings. The van der Waals surface area contributed by atoms with Crippen LogP contribution in [0.5, 0.6) is 11.5 Å². The van der Waals surface area contributed by atoms with Crippen LogP contribution in [-0.4, -0.2) is 33.0 Å². The molecule has 0 bridgehead atoms. The van der Waals surface area contributed by atoms with Crippen LogP contribution >= 0.6 is 15.9 Å². The zero-order valence-corrected chi connectivity index (χ0v) is 12.5. The van der Waals surface area contributed by atoms with E-state index < -0.39 is 6.10 Å². The van der Waals surface area contributed by atoms with Crippen LogP contribution in [0.25, 0.3) is 0 Å². The van der Waals surface area contributed by atoms with Gasteiger partial charge in [-0.15, -0.1) is 0 Å². The summed E-state index contributed by atoms with van der Waals surface area (Å²) in [7, 11) is 4.81. The van der Waals surface area contributed by atoms with E-state index in [1.165, 1.54) is 0 Å². The van der Waals surface area contributed by atoms with Crippen LogP contribution < -0.4 is 9.47 Å². The van der Waals surface area contributed by atoms with Gasteiger partial charge >= 0.3 is 0 Å². The van der Waals surface area contributed by atoms with Gasteiger partial charge in [0, 0.05) is 18.2 Å². The van der Waals surface area contributed by atoms with E-state index in [0.29, 0.717) is 24.5 Å². The Labute approximate surface area is 116 Å². The maximum Gasteiger partial charge on any atom is 0.161 e. The van der Waals surface area contributed by atoms with Crippen molar-refractivity contribution in [3.8, 4) is 11.5 Å². The summed E-state index contributed by atoms with van der Waals surface area (Å²) < 4.78 is 16.2. The average molecular weight is 319 g/mol. The maximum absolute atomic E-state index is 10.1. The second kappa shape index (κ2) is 7.61. The molecule has 0 aliphatic heterocycles. The summed E-state index contributed by atoms with van der Waals surface area (Å²) in [6, 6.07) is 3.59. The molecule has 0 saturated heterocycles. The van der Waals surface area contributed by atoms with E-state index in [4.69, 9.17) is 14.2 Å². The Morgan fingerprint density at radius 2 is 1.78 bits per heavy atom. The van der Waals surface area contributed by atoms with Gasteiger partial charge in [0.05, 0.1) is 20.3 Å². The van der Waals surface area contributed by atoms with Gasteiger partial charge in [0.2, 0.25) is 0 Å². The molecule has 0 aliphatic carbocycles. The number of hydrogen-bond acceptors (Lipinski definition) is 4. The molecule has 0 amide bonds. The number of rotatable bonds is 7.